The fourth-order valence-corrected chi connectivity index (χ4v) is 5.03. The van der Waals surface area contributed by atoms with Gasteiger partial charge in [-0.1, -0.05) is 6.07 Å². The van der Waals surface area contributed by atoms with Crippen molar-refractivity contribution in [1.82, 2.24) is 5.32 Å². The van der Waals surface area contributed by atoms with Gasteiger partial charge in [-0.2, -0.15) is 0 Å². The Morgan fingerprint density at radius 3 is 1.78 bits per heavy atom. The lowest BCUT2D eigenvalue weighted by atomic mass is 9.90. The number of fused-ring (bicyclic) bond motifs is 2. The second-order valence-electron chi connectivity index (χ2n) is 11.0. The molecule has 0 radical (unpaired) electrons. The molecule has 1 aliphatic heterocycles. The molecule has 51 heavy (non-hydrogen) atoms. The molecule has 14 heteroatoms. The number of nitrogens with one attached hydrogen (secondary N) is 1. The number of carbonyl (C=O) groups is 2. The third kappa shape index (κ3) is 12.7. The van der Waals surface area contributed by atoms with Crippen LogP contribution in [0, 0.1) is 0 Å². The zero-order chi connectivity index (χ0) is 36.3. The summed E-state index contributed by atoms with van der Waals surface area (Å²) in [5, 5.41) is 23.4. The van der Waals surface area contributed by atoms with Crippen molar-refractivity contribution in [3.8, 4) is 28.2 Å². The van der Waals surface area contributed by atoms with Crippen molar-refractivity contribution in [3.05, 3.63) is 75.9 Å². The third-order valence-electron chi connectivity index (χ3n) is 7.43. The van der Waals surface area contributed by atoms with Crippen LogP contribution in [0.25, 0.3) is 33.4 Å². The number of aromatic carboxylic acids is 1. The Morgan fingerprint density at radius 2 is 1.22 bits per heavy atom. The first-order chi connectivity index (χ1) is 24.9. The first-order valence-corrected chi connectivity index (χ1v) is 16.8. The van der Waals surface area contributed by atoms with Crippen LogP contribution in [-0.2, 0) is 33.2 Å². The molecular formula is C37H45NO13. The molecule has 0 saturated heterocycles. The highest BCUT2D eigenvalue weighted by molar-refractivity contribution is 6.09. The minimum atomic E-state index is -1.24. The van der Waals surface area contributed by atoms with Gasteiger partial charge in [0.1, 0.15) is 17.1 Å². The van der Waals surface area contributed by atoms with Crippen LogP contribution >= 0.6 is 0 Å². The summed E-state index contributed by atoms with van der Waals surface area (Å²) in [7, 11) is 0. The quantitative estimate of drug-likeness (QED) is 0.0667. The normalized spacial score (nSPS) is 11.4. The number of carbonyl (C=O) groups excluding carboxylic acids is 1. The van der Waals surface area contributed by atoms with Gasteiger partial charge < -0.3 is 53.1 Å². The number of amides is 1. The van der Waals surface area contributed by atoms with Crippen molar-refractivity contribution < 1.29 is 57.4 Å². The van der Waals surface area contributed by atoms with E-state index in [4.69, 9.17) is 37.6 Å². The highest BCUT2D eigenvalue weighted by atomic mass is 16.6. The number of aromatic hydroxyl groups is 1. The maximum absolute atomic E-state index is 12.9. The molecule has 2 aromatic rings. The Labute approximate surface area is 295 Å². The van der Waals surface area contributed by atoms with Gasteiger partial charge in [0.25, 0.3) is 5.91 Å². The predicted octanol–water partition coefficient (Wildman–Crippen LogP) is 3.83. The molecule has 0 bridgehead atoms. The largest absolute Gasteiger partial charge is 0.508 e. The molecule has 1 amide bonds. The van der Waals surface area contributed by atoms with E-state index in [1.165, 1.54) is 36.4 Å². The third-order valence-corrected chi connectivity index (χ3v) is 7.43. The molecule has 1 heterocycles. The predicted molar refractivity (Wildman–Crippen MR) is 187 cm³/mol. The molecule has 4 rings (SSSR count). The maximum Gasteiger partial charge on any atom is 0.336 e. The number of hydrogen-bond acceptors (Lipinski definition) is 12. The summed E-state index contributed by atoms with van der Waals surface area (Å²) in [6.07, 6.45) is 0. The number of ether oxygens (including phenoxy) is 7. The van der Waals surface area contributed by atoms with Crippen molar-refractivity contribution in [2.24, 2.45) is 0 Å². The van der Waals surface area contributed by atoms with Gasteiger partial charge in [0.05, 0.1) is 91.5 Å². The van der Waals surface area contributed by atoms with Crippen LogP contribution < -0.4 is 10.7 Å². The SMILES string of the molecule is CCOCCOCCOCCOCCOCCOCCOCCNC(=O)c1ccc(-c2c3ccc(=O)cc-3oc3cc(O)ccc23)c(C(=O)O)c1. The number of rotatable bonds is 25. The summed E-state index contributed by atoms with van der Waals surface area (Å²) in [6, 6.07) is 13.1. The van der Waals surface area contributed by atoms with E-state index in [0.717, 1.165) is 0 Å². The van der Waals surface area contributed by atoms with Crippen LogP contribution in [0.2, 0.25) is 0 Å². The van der Waals surface area contributed by atoms with Crippen LogP contribution in [-0.4, -0.2) is 121 Å². The molecule has 1 aliphatic carbocycles. The van der Waals surface area contributed by atoms with Crippen LogP contribution in [0.4, 0.5) is 0 Å². The van der Waals surface area contributed by atoms with Crippen LogP contribution in [0.3, 0.4) is 0 Å². The van der Waals surface area contributed by atoms with Crippen molar-refractivity contribution in [3.63, 3.8) is 0 Å². The fourth-order valence-electron chi connectivity index (χ4n) is 5.03. The zero-order valence-corrected chi connectivity index (χ0v) is 28.7. The first-order valence-electron chi connectivity index (χ1n) is 16.8. The molecule has 3 N–H and O–H groups in total. The first kappa shape index (κ1) is 39.4. The summed E-state index contributed by atoms with van der Waals surface area (Å²) in [6.45, 7) is 8.63. The second kappa shape index (κ2) is 21.7. The van der Waals surface area contributed by atoms with Gasteiger partial charge in [0.15, 0.2) is 5.43 Å². The Balaban J connectivity index is 1.11. The van der Waals surface area contributed by atoms with Crippen molar-refractivity contribution >= 4 is 22.8 Å². The minimum Gasteiger partial charge on any atom is -0.508 e. The zero-order valence-electron chi connectivity index (χ0n) is 28.7. The maximum atomic E-state index is 12.9. The number of carboxylic acid groups (broad SMARTS) is 1. The number of carboxylic acids is 1. The van der Waals surface area contributed by atoms with Crippen molar-refractivity contribution in [2.75, 3.05) is 99.0 Å². The number of phenolic OH excluding ortho intramolecular Hbond substituents is 1. The van der Waals surface area contributed by atoms with E-state index in [-0.39, 0.29) is 46.8 Å². The average molecular weight is 712 g/mol. The summed E-state index contributed by atoms with van der Waals surface area (Å²) < 4.78 is 43.7. The van der Waals surface area contributed by atoms with E-state index < -0.39 is 11.9 Å². The molecule has 2 aromatic carbocycles. The molecule has 276 valence electrons. The average Bonchev–Trinajstić information content (AvgIpc) is 3.12. The van der Waals surface area contributed by atoms with Gasteiger partial charge in [0.2, 0.25) is 0 Å². The summed E-state index contributed by atoms with van der Waals surface area (Å²) >= 11 is 0. The minimum absolute atomic E-state index is 0.0511. The fraction of sp³-hybridized carbons (Fsp3) is 0.432. The monoisotopic (exact) mass is 711 g/mol. The van der Waals surface area contributed by atoms with E-state index in [0.29, 0.717) is 108 Å². The Kier molecular flexibility index (Phi) is 16.8. The number of hydrogen-bond donors (Lipinski definition) is 3. The Hall–Kier alpha value is -4.41. The summed E-state index contributed by atoms with van der Waals surface area (Å²) in [4.78, 5) is 37.3. The van der Waals surface area contributed by atoms with Gasteiger partial charge in [-0.05, 0) is 48.9 Å². The topological polar surface area (TPSA) is 181 Å². The van der Waals surface area contributed by atoms with Gasteiger partial charge in [-0.25, -0.2) is 4.79 Å². The number of benzene rings is 3. The molecule has 0 fully saturated rings. The summed E-state index contributed by atoms with van der Waals surface area (Å²) in [5.41, 5.74) is 1.35. The molecule has 2 aliphatic rings. The highest BCUT2D eigenvalue weighted by Gasteiger charge is 2.23. The molecule has 0 aromatic heterocycles. The molecule has 0 spiro atoms. The van der Waals surface area contributed by atoms with Crippen molar-refractivity contribution in [1.29, 1.82) is 0 Å². The van der Waals surface area contributed by atoms with Gasteiger partial charge in [0, 0.05) is 47.4 Å². The molecule has 0 atom stereocenters. The van der Waals surface area contributed by atoms with E-state index in [9.17, 15) is 24.6 Å². The summed E-state index contributed by atoms with van der Waals surface area (Å²) in [5.74, 6) is -1.52. The van der Waals surface area contributed by atoms with Crippen LogP contribution in [0.5, 0.6) is 5.75 Å². The molecule has 0 saturated carbocycles. The van der Waals surface area contributed by atoms with Crippen LogP contribution in [0.1, 0.15) is 27.6 Å². The lowest BCUT2D eigenvalue weighted by Gasteiger charge is -2.17. The van der Waals surface area contributed by atoms with E-state index in [1.807, 2.05) is 6.92 Å². The lowest BCUT2D eigenvalue weighted by molar-refractivity contribution is -0.0200. The van der Waals surface area contributed by atoms with Crippen molar-refractivity contribution in [2.45, 2.75) is 6.92 Å². The Bertz CT molecular complexity index is 1710. The molecule has 0 unspecified atom stereocenters. The van der Waals surface area contributed by atoms with Gasteiger partial charge >= 0.3 is 5.97 Å². The van der Waals surface area contributed by atoms with Crippen LogP contribution in [0.15, 0.2) is 63.8 Å². The van der Waals surface area contributed by atoms with Gasteiger partial charge in [-0.15, -0.1) is 0 Å². The second-order valence-corrected chi connectivity index (χ2v) is 11.0. The molecular weight excluding hydrogens is 666 g/mol. The Morgan fingerprint density at radius 1 is 0.667 bits per heavy atom. The number of phenols is 1. The standard InChI is InChI=1S/C37H45NO13/c1-2-44-11-12-46-15-16-48-19-20-50-22-21-49-18-17-47-14-13-45-10-9-38-36(41)26-3-6-29(32(23-26)37(42)43)35-30-7-4-27(39)24-33(30)51-34-25-28(40)5-8-31(34)35/h3-8,23-25,39H,2,9-22H2,1H3,(H,38,41)(H,42,43). The van der Waals surface area contributed by atoms with E-state index in [1.54, 1.807) is 18.2 Å². The van der Waals surface area contributed by atoms with E-state index >= 15 is 0 Å². The lowest BCUT2D eigenvalue weighted by Crippen LogP contribution is -2.28. The van der Waals surface area contributed by atoms with Gasteiger partial charge in [-0.3, -0.25) is 9.59 Å². The smallest absolute Gasteiger partial charge is 0.336 e. The highest BCUT2D eigenvalue weighted by Crippen LogP contribution is 2.42. The van der Waals surface area contributed by atoms with E-state index in [2.05, 4.69) is 5.32 Å². The molecule has 14 nitrogen and oxygen atoms in total.